The molecule has 0 unspecified atom stereocenters. The van der Waals surface area contributed by atoms with Crippen molar-refractivity contribution in [1.82, 2.24) is 4.90 Å². The van der Waals surface area contributed by atoms with Crippen molar-refractivity contribution in [3.8, 4) is 0 Å². The molecule has 0 saturated heterocycles. The minimum absolute atomic E-state index is 0.541. The summed E-state index contributed by atoms with van der Waals surface area (Å²) >= 11 is 0. The van der Waals surface area contributed by atoms with Crippen LogP contribution in [-0.2, 0) is 9.53 Å². The number of rotatable bonds is 2. The van der Waals surface area contributed by atoms with Crippen molar-refractivity contribution in [2.75, 3.05) is 21.2 Å². The molecule has 0 aliphatic heterocycles. The third-order valence-corrected chi connectivity index (χ3v) is 1.27. The van der Waals surface area contributed by atoms with Crippen LogP contribution in [-0.4, -0.2) is 38.3 Å². The molecule has 0 amide bonds. The van der Waals surface area contributed by atoms with E-state index in [1.807, 2.05) is 0 Å². The highest BCUT2D eigenvalue weighted by Crippen LogP contribution is 2.30. The zero-order valence-electron chi connectivity index (χ0n) is 7.78. The summed E-state index contributed by atoms with van der Waals surface area (Å²) in [7, 11) is 2.84. The molecule has 0 aromatic carbocycles. The zero-order valence-corrected chi connectivity index (χ0v) is 7.78. The van der Waals surface area contributed by atoms with E-state index in [1.54, 1.807) is 0 Å². The minimum Gasteiger partial charge on any atom is -0.465 e. The fraction of sp³-hybridized carbons (Fsp3) is 0.571. The molecule has 0 aromatic heterocycles. The van der Waals surface area contributed by atoms with Gasteiger partial charge < -0.3 is 9.64 Å². The maximum atomic E-state index is 12.9. The Morgan fingerprint density at radius 1 is 1.29 bits per heavy atom. The van der Waals surface area contributed by atoms with Crippen LogP contribution in [0.2, 0.25) is 0 Å². The van der Waals surface area contributed by atoms with E-state index in [1.165, 1.54) is 0 Å². The summed E-state index contributed by atoms with van der Waals surface area (Å²) in [4.78, 5) is 11.2. The fourth-order valence-corrected chi connectivity index (χ4v) is 0.643. The second-order valence-corrected chi connectivity index (χ2v) is 2.55. The lowest BCUT2D eigenvalue weighted by Crippen LogP contribution is -2.26. The summed E-state index contributed by atoms with van der Waals surface area (Å²) in [5.74, 6) is -3.42. The van der Waals surface area contributed by atoms with E-state index in [2.05, 4.69) is 4.74 Å². The molecule has 0 spiro atoms. The van der Waals surface area contributed by atoms with Crippen molar-refractivity contribution < 1.29 is 27.1 Å². The SMILES string of the molecule is COC(=O)/C(=C(/F)N(C)C)C(F)(F)F. The molecule has 0 saturated carbocycles. The van der Waals surface area contributed by atoms with Gasteiger partial charge in [-0.3, -0.25) is 0 Å². The Kier molecular flexibility index (Phi) is 3.91. The van der Waals surface area contributed by atoms with E-state index >= 15 is 0 Å². The molecule has 0 aliphatic carbocycles. The Balaban J connectivity index is 5.32. The highest BCUT2D eigenvalue weighted by molar-refractivity contribution is 5.90. The molecule has 0 radical (unpaired) electrons. The lowest BCUT2D eigenvalue weighted by molar-refractivity contribution is -0.149. The number of alkyl halides is 3. The van der Waals surface area contributed by atoms with Gasteiger partial charge in [-0.1, -0.05) is 0 Å². The summed E-state index contributed by atoms with van der Waals surface area (Å²) in [6, 6.07) is 0. The molecule has 0 heterocycles. The monoisotopic (exact) mass is 215 g/mol. The lowest BCUT2D eigenvalue weighted by atomic mass is 10.2. The molecule has 82 valence electrons. The molecular formula is C7H9F4NO2. The predicted molar refractivity (Wildman–Crippen MR) is 39.9 cm³/mol. The maximum Gasteiger partial charge on any atom is 0.427 e. The number of hydrogen-bond donors (Lipinski definition) is 0. The zero-order chi connectivity index (χ0) is 11.5. The number of carbonyl (C=O) groups excluding carboxylic acids is 1. The Morgan fingerprint density at radius 3 is 1.93 bits per heavy atom. The fourth-order valence-electron chi connectivity index (χ4n) is 0.643. The molecule has 7 heteroatoms. The van der Waals surface area contributed by atoms with Crippen LogP contribution < -0.4 is 0 Å². The summed E-state index contributed by atoms with van der Waals surface area (Å²) in [5.41, 5.74) is -1.94. The highest BCUT2D eigenvalue weighted by atomic mass is 19.4. The van der Waals surface area contributed by atoms with Gasteiger partial charge in [0.2, 0.25) is 5.95 Å². The third-order valence-electron chi connectivity index (χ3n) is 1.27. The molecular weight excluding hydrogens is 206 g/mol. The first-order chi connectivity index (χ1) is 6.21. The topological polar surface area (TPSA) is 29.5 Å². The molecule has 3 nitrogen and oxygen atoms in total. The number of carbonyl (C=O) groups is 1. The van der Waals surface area contributed by atoms with Crippen LogP contribution in [0.5, 0.6) is 0 Å². The lowest BCUT2D eigenvalue weighted by Gasteiger charge is -2.15. The van der Waals surface area contributed by atoms with Gasteiger partial charge in [-0.2, -0.15) is 17.6 Å². The van der Waals surface area contributed by atoms with Gasteiger partial charge in [0.25, 0.3) is 0 Å². The molecule has 0 aromatic rings. The second kappa shape index (κ2) is 4.30. The molecule has 0 N–H and O–H groups in total. The number of nitrogens with zero attached hydrogens (tertiary/aromatic N) is 1. The minimum atomic E-state index is -5.07. The first-order valence-electron chi connectivity index (χ1n) is 3.44. The third kappa shape index (κ3) is 2.90. The molecule has 14 heavy (non-hydrogen) atoms. The van der Waals surface area contributed by atoms with Crippen LogP contribution in [0.3, 0.4) is 0 Å². The van der Waals surface area contributed by atoms with Crippen LogP contribution in [0.1, 0.15) is 0 Å². The Labute approximate surface area is 77.9 Å². The van der Waals surface area contributed by atoms with Gasteiger partial charge >= 0.3 is 12.1 Å². The number of hydrogen-bond acceptors (Lipinski definition) is 3. The van der Waals surface area contributed by atoms with Gasteiger partial charge in [0.1, 0.15) is 0 Å². The summed E-state index contributed by atoms with van der Waals surface area (Å²) < 4.78 is 53.2. The van der Waals surface area contributed by atoms with E-state index in [-0.39, 0.29) is 0 Å². The molecule has 0 aliphatic rings. The highest BCUT2D eigenvalue weighted by Gasteiger charge is 2.43. The van der Waals surface area contributed by atoms with Gasteiger partial charge in [0, 0.05) is 14.1 Å². The Morgan fingerprint density at radius 2 is 1.71 bits per heavy atom. The Hall–Kier alpha value is -1.27. The van der Waals surface area contributed by atoms with E-state index in [0.29, 0.717) is 4.90 Å². The van der Waals surface area contributed by atoms with Crippen molar-refractivity contribution in [3.05, 3.63) is 11.5 Å². The van der Waals surface area contributed by atoms with E-state index in [9.17, 15) is 22.4 Å². The van der Waals surface area contributed by atoms with E-state index < -0.39 is 23.7 Å². The maximum absolute atomic E-state index is 12.9. The smallest absolute Gasteiger partial charge is 0.427 e. The normalized spacial score (nSPS) is 13.4. The summed E-state index contributed by atoms with van der Waals surface area (Å²) in [6.07, 6.45) is -5.07. The first-order valence-corrected chi connectivity index (χ1v) is 3.44. The number of halogens is 4. The van der Waals surface area contributed by atoms with Gasteiger partial charge in [0.05, 0.1) is 7.11 Å². The predicted octanol–water partition coefficient (Wildman–Crippen LogP) is 1.46. The van der Waals surface area contributed by atoms with Crippen molar-refractivity contribution >= 4 is 5.97 Å². The number of esters is 1. The van der Waals surface area contributed by atoms with Crippen LogP contribution in [0.15, 0.2) is 11.5 Å². The quantitative estimate of drug-likeness (QED) is 0.302. The molecule has 0 rings (SSSR count). The standard InChI is InChI=1S/C7H9F4NO2/c1-12(2)5(8)4(6(13)14-3)7(9,10)11/h1-3H3/b5-4+. The van der Waals surface area contributed by atoms with Crippen molar-refractivity contribution in [2.45, 2.75) is 6.18 Å². The van der Waals surface area contributed by atoms with Crippen molar-refractivity contribution in [1.29, 1.82) is 0 Å². The van der Waals surface area contributed by atoms with E-state index in [4.69, 9.17) is 0 Å². The average Bonchev–Trinajstić information content (AvgIpc) is 2.01. The van der Waals surface area contributed by atoms with Crippen LogP contribution >= 0.6 is 0 Å². The van der Waals surface area contributed by atoms with Gasteiger partial charge in [-0.15, -0.1) is 0 Å². The second-order valence-electron chi connectivity index (χ2n) is 2.55. The van der Waals surface area contributed by atoms with Gasteiger partial charge in [-0.05, 0) is 0 Å². The molecule has 0 fully saturated rings. The molecule has 0 bridgehead atoms. The first kappa shape index (κ1) is 12.7. The number of methoxy groups -OCH3 is 1. The summed E-state index contributed by atoms with van der Waals surface area (Å²) in [6.45, 7) is 0. The van der Waals surface area contributed by atoms with Gasteiger partial charge in [0.15, 0.2) is 5.57 Å². The van der Waals surface area contributed by atoms with Crippen molar-refractivity contribution in [3.63, 3.8) is 0 Å². The largest absolute Gasteiger partial charge is 0.465 e. The molecule has 0 atom stereocenters. The number of ether oxygens (including phenoxy) is 1. The van der Waals surface area contributed by atoms with Crippen LogP contribution in [0.4, 0.5) is 17.6 Å². The van der Waals surface area contributed by atoms with Gasteiger partial charge in [-0.25, -0.2) is 4.79 Å². The average molecular weight is 215 g/mol. The summed E-state index contributed by atoms with van der Waals surface area (Å²) in [5, 5.41) is 0. The van der Waals surface area contributed by atoms with Crippen molar-refractivity contribution in [2.24, 2.45) is 0 Å². The van der Waals surface area contributed by atoms with Crippen LogP contribution in [0.25, 0.3) is 0 Å². The van der Waals surface area contributed by atoms with Crippen LogP contribution in [0, 0.1) is 0 Å². The Bertz CT molecular complexity index is 257. The van der Waals surface area contributed by atoms with E-state index in [0.717, 1.165) is 21.2 Å².